The van der Waals surface area contributed by atoms with Gasteiger partial charge in [-0.1, -0.05) is 18.2 Å². The molecule has 0 aliphatic heterocycles. The van der Waals surface area contributed by atoms with Crippen LogP contribution < -0.4 is 5.32 Å². The van der Waals surface area contributed by atoms with Gasteiger partial charge in [-0.3, -0.25) is 19.3 Å². The second-order valence-corrected chi connectivity index (χ2v) is 6.38. The number of nitrogens with one attached hydrogen (secondary N) is 1. The minimum Gasteiger partial charge on any atom is -0.481 e. The van der Waals surface area contributed by atoms with Crippen LogP contribution in [-0.4, -0.2) is 40.9 Å². The maximum Gasteiger partial charge on any atom is 0.303 e. The van der Waals surface area contributed by atoms with Gasteiger partial charge >= 0.3 is 5.97 Å². The van der Waals surface area contributed by atoms with Gasteiger partial charge in [0.25, 0.3) is 5.91 Å². The third-order valence-electron chi connectivity index (χ3n) is 3.67. The van der Waals surface area contributed by atoms with E-state index in [0.717, 1.165) is 20.5 Å². The molecule has 0 spiro atoms. The number of carboxylic acids is 1. The Hall–Kier alpha value is -2.92. The first kappa shape index (κ1) is 18.4. The van der Waals surface area contributed by atoms with Crippen LogP contribution in [0.4, 0.5) is 0 Å². The number of carbonyl (C=O) groups is 3. The van der Waals surface area contributed by atoms with E-state index in [1.165, 1.54) is 18.4 Å². The molecule has 1 aromatic heterocycles. The predicted octanol–water partition coefficient (Wildman–Crippen LogP) is 1.73. The van der Waals surface area contributed by atoms with Crippen molar-refractivity contribution in [2.45, 2.75) is 25.3 Å². The summed E-state index contributed by atoms with van der Waals surface area (Å²) in [5.74, 6) is -2.16. The Kier molecular flexibility index (Phi) is 6.08. The number of carboxylic acid groups (broad SMARTS) is 1. The summed E-state index contributed by atoms with van der Waals surface area (Å²) in [5.41, 5.74) is 0.892. The van der Waals surface area contributed by atoms with Crippen molar-refractivity contribution in [2.75, 3.05) is 7.05 Å². The van der Waals surface area contributed by atoms with Gasteiger partial charge in [-0.2, -0.15) is 5.26 Å². The Morgan fingerprint density at radius 2 is 2.04 bits per heavy atom. The fraction of sp³-hybridized carbons (Fsp3) is 0.294. The first-order chi connectivity index (χ1) is 11.9. The summed E-state index contributed by atoms with van der Waals surface area (Å²) in [4.78, 5) is 35.8. The van der Waals surface area contributed by atoms with E-state index in [0.29, 0.717) is 0 Å². The van der Waals surface area contributed by atoms with Crippen molar-refractivity contribution in [2.24, 2.45) is 0 Å². The van der Waals surface area contributed by atoms with E-state index in [2.05, 4.69) is 5.32 Å². The van der Waals surface area contributed by atoms with Gasteiger partial charge in [-0.15, -0.1) is 11.3 Å². The van der Waals surface area contributed by atoms with Gasteiger partial charge in [0.05, 0.1) is 6.42 Å². The monoisotopic (exact) mass is 359 g/mol. The lowest BCUT2D eigenvalue weighted by Gasteiger charge is -2.20. The lowest BCUT2D eigenvalue weighted by molar-refractivity contribution is -0.139. The van der Waals surface area contributed by atoms with Crippen LogP contribution in [0.5, 0.6) is 0 Å². The number of rotatable bonds is 7. The van der Waals surface area contributed by atoms with Gasteiger partial charge in [0.15, 0.2) is 6.19 Å². The number of nitrogens with zero attached hydrogens (tertiary/aromatic N) is 2. The fourth-order valence-corrected chi connectivity index (χ4v) is 3.36. The van der Waals surface area contributed by atoms with Crippen LogP contribution in [0.25, 0.3) is 10.1 Å². The molecule has 1 unspecified atom stereocenters. The topological polar surface area (TPSA) is 111 Å². The molecule has 7 nitrogen and oxygen atoms in total. The van der Waals surface area contributed by atoms with Gasteiger partial charge in [0.2, 0.25) is 5.91 Å². The standard InChI is InChI=1S/C17H17N3O4S/c1-20(10-18)17(24)13(19-15(21)6-7-16(22)23)8-11-9-25-14-5-3-2-4-12(11)14/h2-5,9,13H,6-8H2,1H3,(H,19,21)(H,22,23). The van der Waals surface area contributed by atoms with E-state index in [1.807, 2.05) is 29.6 Å². The largest absolute Gasteiger partial charge is 0.481 e. The zero-order valence-corrected chi connectivity index (χ0v) is 14.4. The van der Waals surface area contributed by atoms with Crippen LogP contribution in [0.15, 0.2) is 29.6 Å². The third kappa shape index (κ3) is 4.78. The van der Waals surface area contributed by atoms with E-state index in [1.54, 1.807) is 6.19 Å². The lowest BCUT2D eigenvalue weighted by atomic mass is 10.0. The van der Waals surface area contributed by atoms with Gasteiger partial charge in [-0.05, 0) is 22.4 Å². The van der Waals surface area contributed by atoms with Gasteiger partial charge in [-0.25, -0.2) is 0 Å². The summed E-state index contributed by atoms with van der Waals surface area (Å²) >= 11 is 1.53. The van der Waals surface area contributed by atoms with Crippen LogP contribution in [0.2, 0.25) is 0 Å². The highest BCUT2D eigenvalue weighted by Crippen LogP contribution is 2.26. The predicted molar refractivity (Wildman–Crippen MR) is 92.7 cm³/mol. The molecule has 1 heterocycles. The highest BCUT2D eigenvalue weighted by Gasteiger charge is 2.25. The van der Waals surface area contributed by atoms with Crippen LogP contribution in [0.1, 0.15) is 18.4 Å². The van der Waals surface area contributed by atoms with Crippen LogP contribution in [-0.2, 0) is 20.8 Å². The normalized spacial score (nSPS) is 11.5. The average molecular weight is 359 g/mol. The van der Waals surface area contributed by atoms with E-state index >= 15 is 0 Å². The zero-order chi connectivity index (χ0) is 18.4. The Balaban J connectivity index is 2.19. The molecule has 130 valence electrons. The second-order valence-electron chi connectivity index (χ2n) is 5.47. The number of amides is 2. The Morgan fingerprint density at radius 1 is 1.32 bits per heavy atom. The number of thiophene rings is 1. The molecule has 0 bridgehead atoms. The molecule has 0 radical (unpaired) electrons. The minimum absolute atomic E-state index is 0.222. The highest BCUT2D eigenvalue weighted by molar-refractivity contribution is 7.17. The smallest absolute Gasteiger partial charge is 0.303 e. The molecule has 2 rings (SSSR count). The van der Waals surface area contributed by atoms with Crippen LogP contribution in [0, 0.1) is 11.5 Å². The van der Waals surface area contributed by atoms with Gasteiger partial charge in [0.1, 0.15) is 6.04 Å². The van der Waals surface area contributed by atoms with Crippen molar-refractivity contribution < 1.29 is 19.5 Å². The quantitative estimate of drug-likeness (QED) is 0.578. The Labute approximate surface area is 148 Å². The molecule has 1 aromatic carbocycles. The van der Waals surface area contributed by atoms with Crippen LogP contribution >= 0.6 is 11.3 Å². The number of fused-ring (bicyclic) bond motifs is 1. The third-order valence-corrected chi connectivity index (χ3v) is 4.68. The molecule has 1 atom stereocenters. The highest BCUT2D eigenvalue weighted by atomic mass is 32.1. The summed E-state index contributed by atoms with van der Waals surface area (Å²) in [6.07, 6.45) is 1.42. The first-order valence-electron chi connectivity index (χ1n) is 7.56. The summed E-state index contributed by atoms with van der Waals surface area (Å²) in [5, 5.41) is 23.0. The Morgan fingerprint density at radius 3 is 2.72 bits per heavy atom. The maximum absolute atomic E-state index is 12.4. The zero-order valence-electron chi connectivity index (χ0n) is 13.6. The molecule has 0 saturated carbocycles. The molecule has 25 heavy (non-hydrogen) atoms. The molecular formula is C17H17N3O4S. The van der Waals surface area contributed by atoms with Crippen molar-refractivity contribution in [3.8, 4) is 6.19 Å². The lowest BCUT2D eigenvalue weighted by Crippen LogP contribution is -2.47. The number of benzene rings is 1. The fourth-order valence-electron chi connectivity index (χ4n) is 2.38. The molecule has 2 amide bonds. The molecule has 0 saturated heterocycles. The number of aliphatic carboxylic acids is 1. The maximum atomic E-state index is 12.4. The summed E-state index contributed by atoms with van der Waals surface area (Å²) in [6, 6.07) is 6.78. The summed E-state index contributed by atoms with van der Waals surface area (Å²) in [7, 11) is 1.32. The summed E-state index contributed by atoms with van der Waals surface area (Å²) < 4.78 is 1.06. The number of likely N-dealkylation sites (N-methyl/N-ethyl adjacent to an activating group) is 1. The first-order valence-corrected chi connectivity index (χ1v) is 8.44. The van der Waals surface area contributed by atoms with E-state index < -0.39 is 23.8 Å². The second kappa shape index (κ2) is 8.26. The minimum atomic E-state index is -1.09. The number of carbonyl (C=O) groups excluding carboxylic acids is 2. The molecule has 8 heteroatoms. The van der Waals surface area contributed by atoms with E-state index in [4.69, 9.17) is 10.4 Å². The molecule has 2 N–H and O–H groups in total. The van der Waals surface area contributed by atoms with Crippen molar-refractivity contribution in [3.05, 3.63) is 35.2 Å². The van der Waals surface area contributed by atoms with Crippen molar-refractivity contribution in [1.29, 1.82) is 5.26 Å². The number of hydrogen-bond donors (Lipinski definition) is 2. The van der Waals surface area contributed by atoms with Gasteiger partial charge in [0, 0.05) is 24.6 Å². The Bertz CT molecular complexity index is 840. The van der Waals surface area contributed by atoms with Gasteiger partial charge < -0.3 is 10.4 Å². The SMILES string of the molecule is CN(C#N)C(=O)C(Cc1csc2ccccc12)NC(=O)CCC(=O)O. The van der Waals surface area contributed by atoms with Crippen LogP contribution in [0.3, 0.4) is 0 Å². The molecule has 0 fully saturated rings. The number of hydrogen-bond acceptors (Lipinski definition) is 5. The van der Waals surface area contributed by atoms with Crippen molar-refractivity contribution in [3.63, 3.8) is 0 Å². The summed E-state index contributed by atoms with van der Waals surface area (Å²) in [6.45, 7) is 0. The molecule has 0 aliphatic carbocycles. The average Bonchev–Trinajstić information content (AvgIpc) is 3.01. The number of nitriles is 1. The van der Waals surface area contributed by atoms with E-state index in [9.17, 15) is 14.4 Å². The van der Waals surface area contributed by atoms with Crippen molar-refractivity contribution >= 4 is 39.2 Å². The van der Waals surface area contributed by atoms with Crippen molar-refractivity contribution in [1.82, 2.24) is 10.2 Å². The van der Waals surface area contributed by atoms with E-state index in [-0.39, 0.29) is 19.3 Å². The molecule has 0 aliphatic rings. The molecular weight excluding hydrogens is 342 g/mol. The molecule has 2 aromatic rings.